The van der Waals surface area contributed by atoms with Gasteiger partial charge in [0, 0.05) is 12.0 Å². The van der Waals surface area contributed by atoms with E-state index in [1.54, 1.807) is 16.4 Å². The third kappa shape index (κ3) is 3.17. The molecule has 1 aromatic carbocycles. The molecule has 0 aliphatic heterocycles. The second-order valence-electron chi connectivity index (χ2n) is 4.13. The van der Waals surface area contributed by atoms with E-state index >= 15 is 0 Å². The topological polar surface area (TPSA) is 77.2 Å². The third-order valence-electron chi connectivity index (χ3n) is 2.81. The fraction of sp³-hybridized carbons (Fsp3) is 0.308. The van der Waals surface area contributed by atoms with E-state index in [-0.39, 0.29) is 12.3 Å². The van der Waals surface area contributed by atoms with Crippen molar-refractivity contribution in [1.29, 1.82) is 0 Å². The predicted octanol–water partition coefficient (Wildman–Crippen LogP) is 1.89. The molecule has 0 saturated heterocycles. The number of carbonyl (C=O) groups is 1. The quantitative estimate of drug-likeness (QED) is 0.820. The fourth-order valence-corrected chi connectivity index (χ4v) is 2.22. The summed E-state index contributed by atoms with van der Waals surface area (Å²) in [5.74, 6) is -1.10. The number of hydrogen-bond acceptors (Lipinski definition) is 5. The van der Waals surface area contributed by atoms with Crippen LogP contribution in [0.5, 0.6) is 0 Å². The van der Waals surface area contributed by atoms with E-state index in [4.69, 9.17) is 9.84 Å². The molecule has 0 bridgehead atoms. The second-order valence-corrected chi connectivity index (χ2v) is 5.01. The first-order chi connectivity index (χ1) is 9.65. The van der Waals surface area contributed by atoms with Gasteiger partial charge in [-0.2, -0.15) is 0 Å². The van der Waals surface area contributed by atoms with Crippen molar-refractivity contribution < 1.29 is 14.6 Å². The van der Waals surface area contributed by atoms with Crippen LogP contribution in [-0.4, -0.2) is 39.4 Å². The molecule has 1 aromatic heterocycles. The summed E-state index contributed by atoms with van der Waals surface area (Å²) in [4.78, 5) is 12.2. The first-order valence-corrected chi connectivity index (χ1v) is 7.15. The number of methoxy groups -OCH3 is 1. The van der Waals surface area contributed by atoms with Crippen LogP contribution < -0.4 is 0 Å². The van der Waals surface area contributed by atoms with Crippen LogP contribution in [0, 0.1) is 0 Å². The van der Waals surface area contributed by atoms with Gasteiger partial charge in [-0.3, -0.25) is 0 Å². The Balaban J connectivity index is 2.25. The highest BCUT2D eigenvalue weighted by Crippen LogP contribution is 2.16. The number of benzene rings is 1. The van der Waals surface area contributed by atoms with E-state index in [0.717, 1.165) is 5.56 Å². The maximum Gasteiger partial charge on any atom is 0.358 e. The van der Waals surface area contributed by atoms with Crippen molar-refractivity contribution in [3.63, 3.8) is 0 Å². The van der Waals surface area contributed by atoms with Crippen LogP contribution in [0.4, 0.5) is 0 Å². The Hall–Kier alpha value is -1.86. The molecule has 0 atom stereocenters. The number of aromatic nitrogens is 3. The van der Waals surface area contributed by atoms with E-state index in [2.05, 4.69) is 10.3 Å². The number of carboxylic acid groups (broad SMARTS) is 1. The smallest absolute Gasteiger partial charge is 0.358 e. The van der Waals surface area contributed by atoms with Crippen molar-refractivity contribution in [1.82, 2.24) is 15.0 Å². The molecule has 0 aliphatic carbocycles. The van der Waals surface area contributed by atoms with Crippen molar-refractivity contribution in [3.8, 4) is 0 Å². The summed E-state index contributed by atoms with van der Waals surface area (Å²) in [6.07, 6.45) is 2.02. The average molecular weight is 293 g/mol. The van der Waals surface area contributed by atoms with Gasteiger partial charge in [-0.1, -0.05) is 17.3 Å². The molecular formula is C13H15N3O3S. The Kier molecular flexibility index (Phi) is 4.75. The van der Waals surface area contributed by atoms with Crippen molar-refractivity contribution >= 4 is 17.7 Å². The number of rotatable bonds is 6. The zero-order valence-electron chi connectivity index (χ0n) is 11.2. The normalized spacial score (nSPS) is 10.7. The molecule has 2 rings (SSSR count). The van der Waals surface area contributed by atoms with Crippen molar-refractivity contribution in [2.24, 2.45) is 0 Å². The van der Waals surface area contributed by atoms with Crippen LogP contribution in [0.1, 0.15) is 21.7 Å². The largest absolute Gasteiger partial charge is 0.476 e. The molecule has 0 aliphatic rings. The van der Waals surface area contributed by atoms with Gasteiger partial charge >= 0.3 is 5.97 Å². The lowest BCUT2D eigenvalue weighted by Gasteiger charge is -2.07. The van der Waals surface area contributed by atoms with Gasteiger partial charge in [0.2, 0.25) is 0 Å². The van der Waals surface area contributed by atoms with Gasteiger partial charge in [0.15, 0.2) is 5.69 Å². The van der Waals surface area contributed by atoms with Crippen molar-refractivity contribution in [2.75, 3.05) is 13.4 Å². The fourth-order valence-electron chi connectivity index (χ4n) is 1.81. The summed E-state index contributed by atoms with van der Waals surface area (Å²) in [5.41, 5.74) is 1.43. The van der Waals surface area contributed by atoms with Gasteiger partial charge in [-0.25, -0.2) is 9.48 Å². The Morgan fingerprint density at radius 3 is 2.65 bits per heavy atom. The Morgan fingerprint density at radius 1 is 1.40 bits per heavy atom. The van der Waals surface area contributed by atoms with E-state index in [1.807, 2.05) is 30.5 Å². The van der Waals surface area contributed by atoms with Crippen molar-refractivity contribution in [3.05, 3.63) is 41.2 Å². The molecule has 0 amide bonds. The molecule has 1 N–H and O–H groups in total. The SMILES string of the molecule is COCc1c(C(=O)O)nnn1Cc1ccc(SC)cc1. The van der Waals surface area contributed by atoms with Crippen LogP contribution in [0.25, 0.3) is 0 Å². The van der Waals surface area contributed by atoms with Gasteiger partial charge in [0.05, 0.1) is 18.8 Å². The monoisotopic (exact) mass is 293 g/mol. The molecule has 0 unspecified atom stereocenters. The molecule has 2 aromatic rings. The van der Waals surface area contributed by atoms with Crippen LogP contribution in [-0.2, 0) is 17.9 Å². The molecule has 106 valence electrons. The minimum atomic E-state index is -1.10. The minimum Gasteiger partial charge on any atom is -0.476 e. The lowest BCUT2D eigenvalue weighted by Crippen LogP contribution is -2.10. The zero-order valence-corrected chi connectivity index (χ0v) is 12.1. The van der Waals surface area contributed by atoms with E-state index in [9.17, 15) is 4.79 Å². The molecule has 7 heteroatoms. The van der Waals surface area contributed by atoms with E-state index in [1.165, 1.54) is 12.0 Å². The number of ether oxygens (including phenoxy) is 1. The highest BCUT2D eigenvalue weighted by Gasteiger charge is 2.18. The maximum atomic E-state index is 11.1. The molecule has 0 spiro atoms. The Bertz CT molecular complexity index is 595. The third-order valence-corrected chi connectivity index (χ3v) is 3.56. The van der Waals surface area contributed by atoms with Crippen LogP contribution in [0.3, 0.4) is 0 Å². The van der Waals surface area contributed by atoms with Gasteiger partial charge in [0.25, 0.3) is 0 Å². The number of thioether (sulfide) groups is 1. The Labute approximate surface area is 120 Å². The molecule has 0 radical (unpaired) electrons. The predicted molar refractivity (Wildman–Crippen MR) is 75.0 cm³/mol. The summed E-state index contributed by atoms with van der Waals surface area (Å²) in [7, 11) is 1.51. The summed E-state index contributed by atoms with van der Waals surface area (Å²) < 4.78 is 6.58. The highest BCUT2D eigenvalue weighted by molar-refractivity contribution is 7.98. The molecule has 1 heterocycles. The number of hydrogen-bond donors (Lipinski definition) is 1. The van der Waals surface area contributed by atoms with Crippen LogP contribution in [0.2, 0.25) is 0 Å². The lowest BCUT2D eigenvalue weighted by molar-refractivity contribution is 0.0684. The number of carboxylic acids is 1. The van der Waals surface area contributed by atoms with E-state index < -0.39 is 5.97 Å². The summed E-state index contributed by atoms with van der Waals surface area (Å²) in [6.45, 7) is 0.630. The molecular weight excluding hydrogens is 278 g/mol. The van der Waals surface area contributed by atoms with Crippen molar-refractivity contribution in [2.45, 2.75) is 18.0 Å². The minimum absolute atomic E-state index is 0.0624. The zero-order chi connectivity index (χ0) is 14.5. The summed E-state index contributed by atoms with van der Waals surface area (Å²) >= 11 is 1.67. The van der Waals surface area contributed by atoms with Gasteiger partial charge in [-0.05, 0) is 24.0 Å². The maximum absolute atomic E-state index is 11.1. The van der Waals surface area contributed by atoms with Crippen LogP contribution >= 0.6 is 11.8 Å². The summed E-state index contributed by atoms with van der Waals surface area (Å²) in [6, 6.07) is 8.02. The van der Waals surface area contributed by atoms with Gasteiger partial charge < -0.3 is 9.84 Å². The van der Waals surface area contributed by atoms with E-state index in [0.29, 0.717) is 12.2 Å². The van der Waals surface area contributed by atoms with Gasteiger partial charge in [0.1, 0.15) is 0 Å². The first-order valence-electron chi connectivity index (χ1n) is 5.93. The molecule has 0 fully saturated rings. The average Bonchev–Trinajstić information content (AvgIpc) is 2.83. The molecule has 6 nitrogen and oxygen atoms in total. The molecule has 0 saturated carbocycles. The Morgan fingerprint density at radius 2 is 2.10 bits per heavy atom. The first kappa shape index (κ1) is 14.5. The number of aromatic carboxylic acids is 1. The van der Waals surface area contributed by atoms with Crippen LogP contribution in [0.15, 0.2) is 29.2 Å². The molecule has 20 heavy (non-hydrogen) atoms. The highest BCUT2D eigenvalue weighted by atomic mass is 32.2. The number of nitrogens with zero attached hydrogens (tertiary/aromatic N) is 3. The summed E-state index contributed by atoms with van der Waals surface area (Å²) in [5, 5.41) is 16.7. The standard InChI is InChI=1S/C13H15N3O3S/c1-19-8-11-12(13(17)18)14-15-16(11)7-9-3-5-10(20-2)6-4-9/h3-6H,7-8H2,1-2H3,(H,17,18). The lowest BCUT2D eigenvalue weighted by atomic mass is 10.2. The van der Waals surface area contributed by atoms with Gasteiger partial charge in [-0.15, -0.1) is 16.9 Å². The second kappa shape index (κ2) is 6.53.